The third-order valence-corrected chi connectivity index (χ3v) is 3.90. The molecule has 1 nitrogen and oxygen atoms in total. The lowest BCUT2D eigenvalue weighted by molar-refractivity contribution is 0.500. The Bertz CT molecular complexity index is 619. The van der Waals surface area contributed by atoms with Crippen LogP contribution in [0.25, 0.3) is 0 Å². The van der Waals surface area contributed by atoms with E-state index < -0.39 is 11.6 Å². The number of hydrogen-bond acceptors (Lipinski definition) is 1. The molecule has 0 bridgehead atoms. The van der Waals surface area contributed by atoms with E-state index in [2.05, 4.69) is 21.2 Å². The molecule has 0 saturated heterocycles. The topological polar surface area (TPSA) is 12.0 Å². The summed E-state index contributed by atoms with van der Waals surface area (Å²) in [5.41, 5.74) is 1.64. The Morgan fingerprint density at radius 2 is 1.90 bits per heavy atom. The SMILES string of the molecule is CC(NCc1ccc(Br)cc1Cl)c1ccc(F)c(F)c1. The molecule has 2 aromatic carbocycles. The van der Waals surface area contributed by atoms with Crippen LogP contribution in [0.2, 0.25) is 5.02 Å². The molecule has 1 atom stereocenters. The van der Waals surface area contributed by atoms with Crippen molar-refractivity contribution in [3.8, 4) is 0 Å². The molecule has 0 amide bonds. The van der Waals surface area contributed by atoms with Crippen LogP contribution < -0.4 is 5.32 Å². The number of benzene rings is 2. The summed E-state index contributed by atoms with van der Waals surface area (Å²) in [5.74, 6) is -1.67. The molecule has 0 saturated carbocycles. The Labute approximate surface area is 130 Å². The van der Waals surface area contributed by atoms with Gasteiger partial charge in [0.05, 0.1) is 0 Å². The van der Waals surface area contributed by atoms with Gasteiger partial charge < -0.3 is 5.32 Å². The van der Waals surface area contributed by atoms with Crippen LogP contribution >= 0.6 is 27.5 Å². The van der Waals surface area contributed by atoms with Crippen molar-refractivity contribution >= 4 is 27.5 Å². The Balaban J connectivity index is 2.04. The van der Waals surface area contributed by atoms with Crippen LogP contribution in [-0.2, 0) is 6.54 Å². The van der Waals surface area contributed by atoms with Gasteiger partial charge in [0, 0.05) is 22.1 Å². The summed E-state index contributed by atoms with van der Waals surface area (Å²) in [6.07, 6.45) is 0. The highest BCUT2D eigenvalue weighted by Gasteiger charge is 2.09. The van der Waals surface area contributed by atoms with Gasteiger partial charge in [0.15, 0.2) is 11.6 Å². The highest BCUT2D eigenvalue weighted by molar-refractivity contribution is 9.10. The molecule has 20 heavy (non-hydrogen) atoms. The summed E-state index contributed by atoms with van der Waals surface area (Å²) in [4.78, 5) is 0. The molecule has 0 fully saturated rings. The van der Waals surface area contributed by atoms with Gasteiger partial charge >= 0.3 is 0 Å². The van der Waals surface area contributed by atoms with Crippen molar-refractivity contribution < 1.29 is 8.78 Å². The van der Waals surface area contributed by atoms with Gasteiger partial charge in [0.1, 0.15) is 0 Å². The molecular weight excluding hydrogens is 348 g/mol. The molecule has 0 aromatic heterocycles. The third-order valence-electron chi connectivity index (χ3n) is 3.06. The molecule has 5 heteroatoms. The van der Waals surface area contributed by atoms with Crippen molar-refractivity contribution in [2.75, 3.05) is 0 Å². The van der Waals surface area contributed by atoms with Gasteiger partial charge in [-0.15, -0.1) is 0 Å². The van der Waals surface area contributed by atoms with E-state index in [-0.39, 0.29) is 6.04 Å². The highest BCUT2D eigenvalue weighted by atomic mass is 79.9. The van der Waals surface area contributed by atoms with Gasteiger partial charge in [0.25, 0.3) is 0 Å². The number of halogens is 4. The molecule has 2 rings (SSSR count). The average molecular weight is 361 g/mol. The Hall–Kier alpha value is -0.970. The maximum absolute atomic E-state index is 13.2. The third kappa shape index (κ3) is 3.78. The lowest BCUT2D eigenvalue weighted by Crippen LogP contribution is -2.18. The van der Waals surface area contributed by atoms with E-state index in [0.717, 1.165) is 16.1 Å². The zero-order valence-electron chi connectivity index (χ0n) is 10.8. The van der Waals surface area contributed by atoms with E-state index >= 15 is 0 Å². The largest absolute Gasteiger partial charge is 0.306 e. The Kier molecular flexibility index (Phi) is 5.13. The maximum atomic E-state index is 13.2. The molecule has 2 aromatic rings. The van der Waals surface area contributed by atoms with Crippen molar-refractivity contribution in [1.29, 1.82) is 0 Å². The van der Waals surface area contributed by atoms with Gasteiger partial charge in [-0.2, -0.15) is 0 Å². The van der Waals surface area contributed by atoms with Gasteiger partial charge in [-0.3, -0.25) is 0 Å². The number of nitrogens with one attached hydrogen (secondary N) is 1. The quantitative estimate of drug-likeness (QED) is 0.787. The Morgan fingerprint density at radius 3 is 2.55 bits per heavy atom. The lowest BCUT2D eigenvalue weighted by Gasteiger charge is -2.15. The van der Waals surface area contributed by atoms with Crippen LogP contribution in [0.3, 0.4) is 0 Å². The average Bonchev–Trinajstić information content (AvgIpc) is 2.40. The first-order valence-electron chi connectivity index (χ1n) is 6.09. The first kappa shape index (κ1) is 15.4. The molecule has 106 valence electrons. The van der Waals surface area contributed by atoms with Crippen molar-refractivity contribution in [1.82, 2.24) is 5.32 Å². The number of rotatable bonds is 4. The lowest BCUT2D eigenvalue weighted by atomic mass is 10.1. The zero-order chi connectivity index (χ0) is 14.7. The molecule has 0 radical (unpaired) electrons. The summed E-state index contributed by atoms with van der Waals surface area (Å²) >= 11 is 9.47. The van der Waals surface area contributed by atoms with Gasteiger partial charge in [-0.05, 0) is 42.3 Å². The predicted molar refractivity (Wildman–Crippen MR) is 80.8 cm³/mol. The van der Waals surface area contributed by atoms with Gasteiger partial charge in [-0.25, -0.2) is 8.78 Å². The van der Waals surface area contributed by atoms with Crippen LogP contribution in [-0.4, -0.2) is 0 Å². The van der Waals surface area contributed by atoms with E-state index in [4.69, 9.17) is 11.6 Å². The van der Waals surface area contributed by atoms with Crippen LogP contribution in [0.15, 0.2) is 40.9 Å². The summed E-state index contributed by atoms with van der Waals surface area (Å²) < 4.78 is 27.0. The maximum Gasteiger partial charge on any atom is 0.159 e. The minimum absolute atomic E-state index is 0.107. The van der Waals surface area contributed by atoms with Crippen molar-refractivity contribution in [2.45, 2.75) is 19.5 Å². The monoisotopic (exact) mass is 359 g/mol. The molecule has 1 N–H and O–H groups in total. The molecular formula is C15H13BrClF2N. The van der Waals surface area contributed by atoms with Crippen molar-refractivity contribution in [2.24, 2.45) is 0 Å². The fraction of sp³-hybridized carbons (Fsp3) is 0.200. The Morgan fingerprint density at radius 1 is 1.15 bits per heavy atom. The van der Waals surface area contributed by atoms with Crippen LogP contribution in [0.1, 0.15) is 24.1 Å². The van der Waals surface area contributed by atoms with E-state index in [1.54, 1.807) is 6.07 Å². The minimum Gasteiger partial charge on any atom is -0.306 e. The molecule has 0 spiro atoms. The fourth-order valence-corrected chi connectivity index (χ4v) is 2.57. The smallest absolute Gasteiger partial charge is 0.159 e. The molecule has 1 unspecified atom stereocenters. The van der Waals surface area contributed by atoms with Gasteiger partial charge in [-0.1, -0.05) is 39.7 Å². The summed E-state index contributed by atoms with van der Waals surface area (Å²) in [7, 11) is 0. The van der Waals surface area contributed by atoms with Crippen LogP contribution in [0.4, 0.5) is 8.78 Å². The number of hydrogen-bond donors (Lipinski definition) is 1. The van der Waals surface area contributed by atoms with Crippen molar-refractivity contribution in [3.05, 3.63) is 68.7 Å². The first-order chi connectivity index (χ1) is 9.47. The molecule has 0 aliphatic rings. The highest BCUT2D eigenvalue weighted by Crippen LogP contribution is 2.22. The minimum atomic E-state index is -0.836. The second-order valence-electron chi connectivity index (χ2n) is 4.51. The predicted octanol–water partition coefficient (Wildman–Crippen LogP) is 5.23. The van der Waals surface area contributed by atoms with E-state index in [9.17, 15) is 8.78 Å². The standard InChI is InChI=1S/C15H13BrClF2N/c1-9(10-3-5-14(18)15(19)6-10)20-8-11-2-4-12(16)7-13(11)17/h2-7,9,20H,8H2,1H3. The fourth-order valence-electron chi connectivity index (χ4n) is 1.83. The summed E-state index contributed by atoms with van der Waals surface area (Å²) in [5, 5.41) is 3.89. The molecule has 0 heterocycles. The second kappa shape index (κ2) is 6.66. The normalized spacial score (nSPS) is 12.4. The summed E-state index contributed by atoms with van der Waals surface area (Å²) in [6.45, 7) is 2.44. The van der Waals surface area contributed by atoms with E-state index in [0.29, 0.717) is 17.1 Å². The first-order valence-corrected chi connectivity index (χ1v) is 7.26. The molecule has 0 aliphatic heterocycles. The second-order valence-corrected chi connectivity index (χ2v) is 5.83. The van der Waals surface area contributed by atoms with E-state index in [1.165, 1.54) is 6.07 Å². The molecule has 0 aliphatic carbocycles. The van der Waals surface area contributed by atoms with E-state index in [1.807, 2.05) is 25.1 Å². The van der Waals surface area contributed by atoms with Crippen molar-refractivity contribution in [3.63, 3.8) is 0 Å². The van der Waals surface area contributed by atoms with Crippen LogP contribution in [0, 0.1) is 11.6 Å². The van der Waals surface area contributed by atoms with Gasteiger partial charge in [0.2, 0.25) is 0 Å². The van der Waals surface area contributed by atoms with Crippen LogP contribution in [0.5, 0.6) is 0 Å². The summed E-state index contributed by atoms with van der Waals surface area (Å²) in [6, 6.07) is 9.44. The zero-order valence-corrected chi connectivity index (χ0v) is 13.1.